The van der Waals surface area contributed by atoms with Crippen LogP contribution >= 0.6 is 0 Å². The second-order valence-corrected chi connectivity index (χ2v) is 6.91. The van der Waals surface area contributed by atoms with E-state index in [0.29, 0.717) is 0 Å². The molecule has 0 saturated carbocycles. The van der Waals surface area contributed by atoms with Gasteiger partial charge in [-0.2, -0.15) is 0 Å². The van der Waals surface area contributed by atoms with Crippen molar-refractivity contribution in [1.82, 2.24) is 0 Å². The second-order valence-electron chi connectivity index (χ2n) is 6.91. The van der Waals surface area contributed by atoms with Crippen LogP contribution in [0.1, 0.15) is 27.7 Å². The van der Waals surface area contributed by atoms with Gasteiger partial charge in [0.25, 0.3) is 0 Å². The third kappa shape index (κ3) is 2.89. The summed E-state index contributed by atoms with van der Waals surface area (Å²) in [5.41, 5.74) is 2.50. The summed E-state index contributed by atoms with van der Waals surface area (Å²) in [6.45, 7) is 8.26. The lowest BCUT2D eigenvalue weighted by Gasteiger charge is -2.32. The molecule has 4 heteroatoms. The molecule has 1 aliphatic heterocycles. The molecule has 1 aliphatic rings. The first kappa shape index (κ1) is 16.1. The molecule has 0 atom stereocenters. The van der Waals surface area contributed by atoms with Crippen LogP contribution in [0.2, 0.25) is 0 Å². The van der Waals surface area contributed by atoms with Crippen LogP contribution in [0.15, 0.2) is 48.5 Å². The number of benzene rings is 2. The van der Waals surface area contributed by atoms with Crippen LogP contribution in [-0.2, 0) is 9.31 Å². The Labute approximate surface area is 138 Å². The van der Waals surface area contributed by atoms with E-state index < -0.39 is 7.12 Å². The zero-order valence-corrected chi connectivity index (χ0v) is 14.4. The van der Waals surface area contributed by atoms with E-state index in [-0.39, 0.29) is 11.2 Å². The highest BCUT2D eigenvalue weighted by Crippen LogP contribution is 2.37. The van der Waals surface area contributed by atoms with Crippen LogP contribution in [0.4, 0.5) is 0 Å². The van der Waals surface area contributed by atoms with Crippen molar-refractivity contribution in [2.75, 3.05) is 7.11 Å². The summed E-state index contributed by atoms with van der Waals surface area (Å²) < 4.78 is 17.9. The van der Waals surface area contributed by atoms with Gasteiger partial charge in [0.1, 0.15) is 5.75 Å². The molecule has 0 aliphatic carbocycles. The van der Waals surface area contributed by atoms with Crippen molar-refractivity contribution < 1.29 is 14.0 Å². The van der Waals surface area contributed by atoms with E-state index in [0.717, 1.165) is 22.3 Å². The highest BCUT2D eigenvalue weighted by Gasteiger charge is 2.52. The highest BCUT2D eigenvalue weighted by atomic mass is 16.7. The van der Waals surface area contributed by atoms with Crippen molar-refractivity contribution in [2.45, 2.75) is 38.9 Å². The van der Waals surface area contributed by atoms with E-state index in [4.69, 9.17) is 14.0 Å². The van der Waals surface area contributed by atoms with Crippen LogP contribution in [0.25, 0.3) is 11.1 Å². The van der Waals surface area contributed by atoms with Gasteiger partial charge in [0, 0.05) is 0 Å². The van der Waals surface area contributed by atoms with Gasteiger partial charge in [-0.15, -0.1) is 0 Å². The highest BCUT2D eigenvalue weighted by molar-refractivity contribution is 6.64. The lowest BCUT2D eigenvalue weighted by molar-refractivity contribution is 0.00578. The van der Waals surface area contributed by atoms with Crippen LogP contribution in [0, 0.1) is 0 Å². The molecule has 0 spiro atoms. The number of hydrogen-bond donors (Lipinski definition) is 0. The van der Waals surface area contributed by atoms with Crippen molar-refractivity contribution in [3.8, 4) is 16.9 Å². The van der Waals surface area contributed by atoms with Gasteiger partial charge in [0.15, 0.2) is 0 Å². The maximum absolute atomic E-state index is 6.23. The van der Waals surface area contributed by atoms with Gasteiger partial charge in [-0.25, -0.2) is 0 Å². The normalized spacial score (nSPS) is 18.9. The molecule has 120 valence electrons. The Kier molecular flexibility index (Phi) is 3.99. The number of rotatable bonds is 3. The van der Waals surface area contributed by atoms with E-state index in [2.05, 4.69) is 45.9 Å². The van der Waals surface area contributed by atoms with E-state index >= 15 is 0 Å². The fourth-order valence-corrected chi connectivity index (χ4v) is 2.71. The van der Waals surface area contributed by atoms with E-state index in [1.807, 2.05) is 30.3 Å². The smallest absolute Gasteiger partial charge is 0.495 e. The molecule has 0 amide bonds. The quantitative estimate of drug-likeness (QED) is 0.810. The predicted molar refractivity (Wildman–Crippen MR) is 94.1 cm³/mol. The zero-order chi connectivity index (χ0) is 16.7. The molecule has 0 aromatic heterocycles. The molecule has 2 aromatic carbocycles. The van der Waals surface area contributed by atoms with E-state index in [1.165, 1.54) is 0 Å². The van der Waals surface area contributed by atoms with Gasteiger partial charge in [-0.1, -0.05) is 36.4 Å². The number of hydrogen-bond acceptors (Lipinski definition) is 3. The lowest BCUT2D eigenvalue weighted by atomic mass is 9.74. The Hall–Kier alpha value is -1.78. The van der Waals surface area contributed by atoms with Gasteiger partial charge < -0.3 is 14.0 Å². The molecule has 1 fully saturated rings. The number of ether oxygens (including phenoxy) is 1. The molecule has 0 bridgehead atoms. The average Bonchev–Trinajstić information content (AvgIpc) is 2.75. The molecule has 0 unspecified atom stereocenters. The summed E-state index contributed by atoms with van der Waals surface area (Å²) in [5.74, 6) is 0.800. The fourth-order valence-electron chi connectivity index (χ4n) is 2.71. The van der Waals surface area contributed by atoms with Crippen molar-refractivity contribution in [1.29, 1.82) is 0 Å². The average molecular weight is 310 g/mol. The van der Waals surface area contributed by atoms with Crippen LogP contribution in [0.3, 0.4) is 0 Å². The van der Waals surface area contributed by atoms with E-state index in [9.17, 15) is 0 Å². The topological polar surface area (TPSA) is 27.7 Å². The maximum atomic E-state index is 6.23. The molecular formula is C19H23BO3. The van der Waals surface area contributed by atoms with Crippen molar-refractivity contribution in [3.63, 3.8) is 0 Å². The Morgan fingerprint density at radius 2 is 1.48 bits per heavy atom. The first-order chi connectivity index (χ1) is 10.8. The lowest BCUT2D eigenvalue weighted by Crippen LogP contribution is -2.41. The Morgan fingerprint density at radius 1 is 0.870 bits per heavy atom. The molecule has 3 rings (SSSR count). The standard InChI is InChI=1S/C19H23BO3/c1-18(2)19(3,4)23-20(22-18)17-13-15(21-5)11-12-16(17)14-9-7-6-8-10-14/h6-13H,1-5H3. The Morgan fingerprint density at radius 3 is 2.04 bits per heavy atom. The summed E-state index contributed by atoms with van der Waals surface area (Å²) in [7, 11) is 1.26. The van der Waals surface area contributed by atoms with Gasteiger partial charge in [0.05, 0.1) is 18.3 Å². The predicted octanol–water partition coefficient (Wildman–Crippen LogP) is 3.66. The van der Waals surface area contributed by atoms with Gasteiger partial charge in [-0.05, 0) is 56.4 Å². The van der Waals surface area contributed by atoms with Gasteiger partial charge in [-0.3, -0.25) is 0 Å². The molecule has 0 radical (unpaired) electrons. The summed E-state index contributed by atoms with van der Waals surface area (Å²) in [6, 6.07) is 16.3. The summed E-state index contributed by atoms with van der Waals surface area (Å²) >= 11 is 0. The molecular weight excluding hydrogens is 287 g/mol. The van der Waals surface area contributed by atoms with Gasteiger partial charge in [0.2, 0.25) is 0 Å². The molecule has 3 nitrogen and oxygen atoms in total. The van der Waals surface area contributed by atoms with Crippen LogP contribution in [0.5, 0.6) is 5.75 Å². The van der Waals surface area contributed by atoms with Crippen molar-refractivity contribution in [2.24, 2.45) is 0 Å². The molecule has 0 N–H and O–H groups in total. The maximum Gasteiger partial charge on any atom is 0.495 e. The molecule has 23 heavy (non-hydrogen) atoms. The first-order valence-electron chi connectivity index (χ1n) is 7.93. The number of methoxy groups -OCH3 is 1. The Balaban J connectivity index is 2.08. The monoisotopic (exact) mass is 310 g/mol. The summed E-state index contributed by atoms with van der Waals surface area (Å²) in [6.07, 6.45) is 0. The zero-order valence-electron chi connectivity index (χ0n) is 14.4. The molecule has 1 saturated heterocycles. The largest absolute Gasteiger partial charge is 0.497 e. The van der Waals surface area contributed by atoms with Crippen LogP contribution in [-0.4, -0.2) is 25.4 Å². The minimum Gasteiger partial charge on any atom is -0.497 e. The second kappa shape index (κ2) is 5.70. The SMILES string of the molecule is COc1ccc(-c2ccccc2)c(B2OC(C)(C)C(C)(C)O2)c1. The van der Waals surface area contributed by atoms with Crippen molar-refractivity contribution in [3.05, 3.63) is 48.5 Å². The molecule has 2 aromatic rings. The van der Waals surface area contributed by atoms with Crippen molar-refractivity contribution >= 4 is 12.6 Å². The fraction of sp³-hybridized carbons (Fsp3) is 0.368. The minimum atomic E-state index is -0.412. The first-order valence-corrected chi connectivity index (χ1v) is 7.93. The summed E-state index contributed by atoms with van der Waals surface area (Å²) in [4.78, 5) is 0. The summed E-state index contributed by atoms with van der Waals surface area (Å²) in [5, 5.41) is 0. The van der Waals surface area contributed by atoms with Crippen LogP contribution < -0.4 is 10.2 Å². The van der Waals surface area contributed by atoms with E-state index in [1.54, 1.807) is 7.11 Å². The molecule has 1 heterocycles. The minimum absolute atomic E-state index is 0.366. The third-order valence-electron chi connectivity index (χ3n) is 4.85. The Bertz CT molecular complexity index is 679. The van der Waals surface area contributed by atoms with Gasteiger partial charge >= 0.3 is 7.12 Å². The third-order valence-corrected chi connectivity index (χ3v) is 4.85.